The van der Waals surface area contributed by atoms with E-state index in [1.165, 1.54) is 6.07 Å². The molecule has 1 heterocycles. The lowest BCUT2D eigenvalue weighted by Gasteiger charge is -2.36. The molecule has 2 nitrogen and oxygen atoms in total. The molecule has 2 atom stereocenters. The minimum Gasteiger partial charge on any atom is -0.311 e. The lowest BCUT2D eigenvalue weighted by atomic mass is 9.97. The Labute approximate surface area is 119 Å². The third kappa shape index (κ3) is 3.68. The maximum atomic E-state index is 13.8. The van der Waals surface area contributed by atoms with Crippen molar-refractivity contribution in [3.63, 3.8) is 0 Å². The lowest BCUT2D eigenvalue weighted by molar-refractivity contribution is 0.161. The predicted molar refractivity (Wildman–Crippen MR) is 77.9 cm³/mol. The van der Waals surface area contributed by atoms with Crippen molar-refractivity contribution >= 4 is 11.6 Å². The quantitative estimate of drug-likeness (QED) is 0.913. The van der Waals surface area contributed by atoms with Gasteiger partial charge in [0.05, 0.1) is 0 Å². The van der Waals surface area contributed by atoms with Gasteiger partial charge in [0.25, 0.3) is 0 Å². The molecule has 1 aromatic carbocycles. The summed E-state index contributed by atoms with van der Waals surface area (Å²) in [6, 6.07) is 5.38. The second-order valence-corrected chi connectivity index (χ2v) is 5.79. The van der Waals surface area contributed by atoms with Gasteiger partial charge in [-0.25, -0.2) is 4.39 Å². The molecule has 0 spiro atoms. The van der Waals surface area contributed by atoms with Crippen LogP contribution in [0.5, 0.6) is 0 Å². The second-order valence-electron chi connectivity index (χ2n) is 5.38. The van der Waals surface area contributed by atoms with E-state index in [0.717, 1.165) is 26.1 Å². The first-order valence-electron chi connectivity index (χ1n) is 7.00. The first-order valence-corrected chi connectivity index (χ1v) is 7.38. The van der Waals surface area contributed by atoms with Gasteiger partial charge >= 0.3 is 0 Å². The average molecular weight is 285 g/mol. The topological polar surface area (TPSA) is 15.3 Å². The van der Waals surface area contributed by atoms with Crippen molar-refractivity contribution < 1.29 is 4.39 Å². The van der Waals surface area contributed by atoms with Crippen molar-refractivity contribution in [2.45, 2.75) is 32.9 Å². The van der Waals surface area contributed by atoms with Gasteiger partial charge in [-0.2, -0.15) is 0 Å². The van der Waals surface area contributed by atoms with Crippen LogP contribution < -0.4 is 5.32 Å². The first kappa shape index (κ1) is 14.8. The zero-order valence-electron chi connectivity index (χ0n) is 11.6. The third-order valence-electron chi connectivity index (χ3n) is 4.06. The van der Waals surface area contributed by atoms with Crippen LogP contribution in [0.3, 0.4) is 0 Å². The lowest BCUT2D eigenvalue weighted by Crippen LogP contribution is -2.52. The Morgan fingerprint density at radius 2 is 2.32 bits per heavy atom. The van der Waals surface area contributed by atoms with Crippen molar-refractivity contribution in [1.82, 2.24) is 10.2 Å². The summed E-state index contributed by atoms with van der Waals surface area (Å²) >= 11 is 6.09. The molecule has 0 saturated carbocycles. The van der Waals surface area contributed by atoms with E-state index in [-0.39, 0.29) is 5.82 Å². The maximum Gasteiger partial charge on any atom is 0.129 e. The number of hydrogen-bond donors (Lipinski definition) is 1. The van der Waals surface area contributed by atoms with E-state index in [9.17, 15) is 4.39 Å². The van der Waals surface area contributed by atoms with Crippen molar-refractivity contribution in [2.24, 2.45) is 5.92 Å². The fourth-order valence-corrected chi connectivity index (χ4v) is 2.78. The van der Waals surface area contributed by atoms with Gasteiger partial charge in [-0.15, -0.1) is 0 Å². The van der Waals surface area contributed by atoms with Crippen LogP contribution in [0.1, 0.15) is 25.8 Å². The molecule has 0 amide bonds. The van der Waals surface area contributed by atoms with Crippen LogP contribution in [-0.4, -0.2) is 30.6 Å². The summed E-state index contributed by atoms with van der Waals surface area (Å²) in [5.41, 5.74) is 0.619. The molecule has 0 aromatic heterocycles. The number of halogens is 2. The van der Waals surface area contributed by atoms with Crippen LogP contribution in [0.25, 0.3) is 0 Å². The smallest absolute Gasteiger partial charge is 0.129 e. The molecular weight excluding hydrogens is 263 g/mol. The maximum absolute atomic E-state index is 13.8. The molecule has 19 heavy (non-hydrogen) atoms. The van der Waals surface area contributed by atoms with E-state index >= 15 is 0 Å². The van der Waals surface area contributed by atoms with Gasteiger partial charge in [0.1, 0.15) is 5.82 Å². The summed E-state index contributed by atoms with van der Waals surface area (Å²) in [5, 5.41) is 4.07. The van der Waals surface area contributed by atoms with Crippen LogP contribution in [0, 0.1) is 11.7 Å². The highest BCUT2D eigenvalue weighted by atomic mass is 35.5. The summed E-state index contributed by atoms with van der Waals surface area (Å²) < 4.78 is 13.8. The molecule has 1 aromatic rings. The van der Waals surface area contributed by atoms with Gasteiger partial charge in [0.15, 0.2) is 0 Å². The number of nitrogens with zero attached hydrogens (tertiary/aromatic N) is 1. The van der Waals surface area contributed by atoms with Gasteiger partial charge in [-0.05, 0) is 18.1 Å². The molecule has 0 aliphatic carbocycles. The summed E-state index contributed by atoms with van der Waals surface area (Å²) in [7, 11) is 0. The van der Waals surface area contributed by atoms with Crippen LogP contribution >= 0.6 is 11.6 Å². The van der Waals surface area contributed by atoms with Gasteiger partial charge in [-0.1, -0.05) is 37.9 Å². The molecule has 1 saturated heterocycles. The molecule has 2 rings (SSSR count). The van der Waals surface area contributed by atoms with Crippen molar-refractivity contribution in [3.8, 4) is 0 Å². The molecule has 4 heteroatoms. The Bertz CT molecular complexity index is 404. The number of hydrogen-bond acceptors (Lipinski definition) is 2. The molecule has 1 aliphatic heterocycles. The minimum absolute atomic E-state index is 0.203. The summed E-state index contributed by atoms with van der Waals surface area (Å²) in [6.07, 6.45) is 1.16. The highest BCUT2D eigenvalue weighted by Crippen LogP contribution is 2.22. The van der Waals surface area contributed by atoms with Crippen LogP contribution in [0.2, 0.25) is 5.02 Å². The molecular formula is C15H22ClFN2. The van der Waals surface area contributed by atoms with E-state index in [1.54, 1.807) is 12.1 Å². The van der Waals surface area contributed by atoms with Crippen LogP contribution in [0.15, 0.2) is 18.2 Å². The van der Waals surface area contributed by atoms with Gasteiger partial charge < -0.3 is 5.32 Å². The summed E-state index contributed by atoms with van der Waals surface area (Å²) in [6.45, 7) is 7.93. The SMILES string of the molecule is CCC(C)C1CN(Cc2c(F)cccc2Cl)CCN1. The minimum atomic E-state index is -0.203. The fraction of sp³-hybridized carbons (Fsp3) is 0.600. The Kier molecular flexibility index (Phi) is 5.20. The van der Waals surface area contributed by atoms with E-state index in [0.29, 0.717) is 29.1 Å². The highest BCUT2D eigenvalue weighted by molar-refractivity contribution is 6.31. The van der Waals surface area contributed by atoms with E-state index < -0.39 is 0 Å². The highest BCUT2D eigenvalue weighted by Gasteiger charge is 2.24. The van der Waals surface area contributed by atoms with E-state index in [1.807, 2.05) is 0 Å². The van der Waals surface area contributed by atoms with E-state index in [2.05, 4.69) is 24.1 Å². The summed E-state index contributed by atoms with van der Waals surface area (Å²) in [4.78, 5) is 2.29. The van der Waals surface area contributed by atoms with Crippen LogP contribution in [-0.2, 0) is 6.54 Å². The molecule has 0 bridgehead atoms. The van der Waals surface area contributed by atoms with Crippen molar-refractivity contribution in [1.29, 1.82) is 0 Å². The number of rotatable bonds is 4. The average Bonchev–Trinajstić information content (AvgIpc) is 2.42. The molecule has 0 radical (unpaired) electrons. The van der Waals surface area contributed by atoms with Crippen molar-refractivity contribution in [2.75, 3.05) is 19.6 Å². The number of benzene rings is 1. The Morgan fingerprint density at radius 3 is 3.00 bits per heavy atom. The van der Waals surface area contributed by atoms with Crippen molar-refractivity contribution in [3.05, 3.63) is 34.6 Å². The van der Waals surface area contributed by atoms with E-state index in [4.69, 9.17) is 11.6 Å². The molecule has 1 N–H and O–H groups in total. The molecule has 1 aliphatic rings. The number of piperazine rings is 1. The molecule has 1 fully saturated rings. The van der Waals surface area contributed by atoms with Gasteiger partial charge in [0, 0.05) is 42.8 Å². The normalized spacial score (nSPS) is 22.4. The third-order valence-corrected chi connectivity index (χ3v) is 4.42. The zero-order chi connectivity index (χ0) is 13.8. The number of nitrogens with one attached hydrogen (secondary N) is 1. The van der Waals surface area contributed by atoms with Gasteiger partial charge in [0.2, 0.25) is 0 Å². The second kappa shape index (κ2) is 6.69. The summed E-state index contributed by atoms with van der Waals surface area (Å²) in [5.74, 6) is 0.435. The Hall–Kier alpha value is -0.640. The fourth-order valence-electron chi connectivity index (χ4n) is 2.56. The zero-order valence-corrected chi connectivity index (χ0v) is 12.4. The van der Waals surface area contributed by atoms with Gasteiger partial charge in [-0.3, -0.25) is 4.90 Å². The van der Waals surface area contributed by atoms with Crippen LogP contribution in [0.4, 0.5) is 4.39 Å². The molecule has 2 unspecified atom stereocenters. The predicted octanol–water partition coefficient (Wildman–Crippen LogP) is 3.30. The Morgan fingerprint density at radius 1 is 1.53 bits per heavy atom. The first-order chi connectivity index (χ1) is 9.11. The molecule has 106 valence electrons. The monoisotopic (exact) mass is 284 g/mol. The standard InChI is InChI=1S/C15H22ClFN2/c1-3-11(2)15-10-19(8-7-18-15)9-12-13(16)5-4-6-14(12)17/h4-6,11,15,18H,3,7-10H2,1-2H3. The largest absolute Gasteiger partial charge is 0.311 e. The Balaban J connectivity index is 2.03.